The van der Waals surface area contributed by atoms with Gasteiger partial charge in [-0.15, -0.1) is 0 Å². The molecular formula is C51H69N5O7. The Hall–Kier alpha value is -5.65. The average molecular weight is 864 g/mol. The Labute approximate surface area is 374 Å². The van der Waals surface area contributed by atoms with E-state index in [0.717, 1.165) is 27.8 Å². The first-order valence-electron chi connectivity index (χ1n) is 22.6. The molecular weight excluding hydrogens is 795 g/mol. The number of unbranched alkanes of at least 4 members (excludes halogenated alkanes) is 1. The van der Waals surface area contributed by atoms with Crippen LogP contribution in [-0.2, 0) is 30.3 Å². The molecule has 63 heavy (non-hydrogen) atoms. The number of alkyl carbamates (subject to hydrolysis) is 2. The summed E-state index contributed by atoms with van der Waals surface area (Å²) < 4.78 is 11.2. The van der Waals surface area contributed by atoms with Crippen LogP contribution < -0.4 is 21.3 Å². The summed E-state index contributed by atoms with van der Waals surface area (Å²) in [6, 6.07) is 24.1. The van der Waals surface area contributed by atoms with Crippen LogP contribution >= 0.6 is 0 Å². The molecule has 1 aliphatic carbocycles. The number of nitrogens with zero attached hydrogens (tertiary/aromatic N) is 1. The van der Waals surface area contributed by atoms with Gasteiger partial charge in [-0.1, -0.05) is 105 Å². The standard InChI is InChI=1S/C51H69N5O7/c1-34(2)31-37(53-49(61)63-51(6,7)8)28-27-36(32-35-19-10-9-11-20-35)47(59)56-30-18-26-44(56)46(58)54-43(45(57)55-50(3,4)5)25-16-17-29-52-48(60)62-33-42-40-23-14-12-21-38(40)39-22-13-15-24-41(39)42/h9-15,19-24,27-28,34,36-37,42-44H,16-18,25-26,29-33H2,1-8H3,(H,52,60)(H,53,61)(H,54,58)(H,55,57)/b28-27+/t36?,37?,43?,44-/m0/s1. The van der Waals surface area contributed by atoms with Crippen molar-refractivity contribution in [2.24, 2.45) is 11.8 Å². The summed E-state index contributed by atoms with van der Waals surface area (Å²) in [6.07, 6.45) is 6.27. The maximum absolute atomic E-state index is 14.5. The van der Waals surface area contributed by atoms with Gasteiger partial charge in [0.2, 0.25) is 17.7 Å². The van der Waals surface area contributed by atoms with Crippen LogP contribution in [0.3, 0.4) is 0 Å². The van der Waals surface area contributed by atoms with Crippen LogP contribution in [0.4, 0.5) is 9.59 Å². The van der Waals surface area contributed by atoms with Crippen molar-refractivity contribution in [3.05, 3.63) is 108 Å². The van der Waals surface area contributed by atoms with Gasteiger partial charge in [-0.3, -0.25) is 14.4 Å². The number of carbonyl (C=O) groups excluding carboxylic acids is 5. The Morgan fingerprint density at radius 3 is 2.05 bits per heavy atom. The van der Waals surface area contributed by atoms with Crippen molar-refractivity contribution in [2.75, 3.05) is 19.7 Å². The lowest BCUT2D eigenvalue weighted by Gasteiger charge is -2.30. The summed E-state index contributed by atoms with van der Waals surface area (Å²) >= 11 is 0. The molecule has 5 amide bonds. The van der Waals surface area contributed by atoms with E-state index in [4.69, 9.17) is 9.47 Å². The van der Waals surface area contributed by atoms with Crippen molar-refractivity contribution in [3.63, 3.8) is 0 Å². The van der Waals surface area contributed by atoms with E-state index in [2.05, 4.69) is 59.4 Å². The molecule has 4 atom stereocenters. The van der Waals surface area contributed by atoms with Gasteiger partial charge in [0.1, 0.15) is 24.3 Å². The van der Waals surface area contributed by atoms with Crippen molar-refractivity contribution in [2.45, 2.75) is 136 Å². The summed E-state index contributed by atoms with van der Waals surface area (Å²) in [4.78, 5) is 69.5. The van der Waals surface area contributed by atoms with Crippen LogP contribution in [0.5, 0.6) is 0 Å². The molecule has 1 fully saturated rings. The van der Waals surface area contributed by atoms with Crippen LogP contribution in [0.2, 0.25) is 0 Å². The van der Waals surface area contributed by atoms with Crippen LogP contribution in [0, 0.1) is 11.8 Å². The molecule has 3 unspecified atom stereocenters. The number of carbonyl (C=O) groups is 5. The second-order valence-corrected chi connectivity index (χ2v) is 19.3. The second kappa shape index (κ2) is 22.1. The fraction of sp³-hybridized carbons (Fsp3) is 0.510. The molecule has 0 aromatic heterocycles. The Balaban J connectivity index is 1.20. The molecule has 12 heteroatoms. The maximum atomic E-state index is 14.5. The molecule has 12 nitrogen and oxygen atoms in total. The average Bonchev–Trinajstić information content (AvgIpc) is 3.83. The van der Waals surface area contributed by atoms with Gasteiger partial charge in [-0.25, -0.2) is 9.59 Å². The number of fused-ring (bicyclic) bond motifs is 3. The van der Waals surface area contributed by atoms with Crippen LogP contribution in [0.15, 0.2) is 91.0 Å². The number of rotatable bonds is 18. The highest BCUT2D eigenvalue weighted by atomic mass is 16.6. The highest BCUT2D eigenvalue weighted by molar-refractivity contribution is 5.93. The van der Waals surface area contributed by atoms with Crippen molar-refractivity contribution in [1.29, 1.82) is 0 Å². The Morgan fingerprint density at radius 1 is 0.794 bits per heavy atom. The Bertz CT molecular complexity index is 2010. The molecule has 4 N–H and O–H groups in total. The van der Waals surface area contributed by atoms with E-state index in [0.29, 0.717) is 58.0 Å². The summed E-state index contributed by atoms with van der Waals surface area (Å²) in [7, 11) is 0. The van der Waals surface area contributed by atoms with Crippen molar-refractivity contribution < 1.29 is 33.4 Å². The van der Waals surface area contributed by atoms with E-state index in [9.17, 15) is 24.0 Å². The van der Waals surface area contributed by atoms with Gasteiger partial charge in [-0.2, -0.15) is 0 Å². The zero-order chi connectivity index (χ0) is 45.7. The van der Waals surface area contributed by atoms with E-state index in [1.54, 1.807) is 4.90 Å². The lowest BCUT2D eigenvalue weighted by atomic mass is 9.94. The lowest BCUT2D eigenvalue weighted by molar-refractivity contribution is -0.141. The van der Waals surface area contributed by atoms with Gasteiger partial charge in [0.05, 0.1) is 12.0 Å². The van der Waals surface area contributed by atoms with E-state index in [1.165, 1.54) is 0 Å². The topological polar surface area (TPSA) is 155 Å². The van der Waals surface area contributed by atoms with Gasteiger partial charge in [0.25, 0.3) is 0 Å². The highest BCUT2D eigenvalue weighted by Crippen LogP contribution is 2.44. The molecule has 1 aliphatic heterocycles. The van der Waals surface area contributed by atoms with Gasteiger partial charge >= 0.3 is 12.2 Å². The zero-order valence-corrected chi connectivity index (χ0v) is 38.5. The number of benzene rings is 3. The fourth-order valence-corrected chi connectivity index (χ4v) is 8.35. The minimum Gasteiger partial charge on any atom is -0.449 e. The van der Waals surface area contributed by atoms with Crippen molar-refractivity contribution >= 4 is 29.9 Å². The first-order valence-corrected chi connectivity index (χ1v) is 22.6. The maximum Gasteiger partial charge on any atom is 0.408 e. The largest absolute Gasteiger partial charge is 0.449 e. The molecule has 3 aromatic rings. The molecule has 5 rings (SSSR count). The summed E-state index contributed by atoms with van der Waals surface area (Å²) in [5, 5.41) is 11.8. The van der Waals surface area contributed by atoms with E-state index >= 15 is 0 Å². The number of likely N-dealkylation sites (tertiary alicyclic amines) is 1. The molecule has 0 saturated carbocycles. The zero-order valence-electron chi connectivity index (χ0n) is 38.5. The van der Waals surface area contributed by atoms with Crippen LogP contribution in [-0.4, -0.2) is 83.8 Å². The third-order valence-electron chi connectivity index (χ3n) is 11.1. The predicted molar refractivity (Wildman–Crippen MR) is 247 cm³/mol. The van der Waals surface area contributed by atoms with Gasteiger partial charge in [0, 0.05) is 24.5 Å². The van der Waals surface area contributed by atoms with E-state index in [1.807, 2.05) is 108 Å². The lowest BCUT2D eigenvalue weighted by Crippen LogP contribution is -2.56. The number of hydrogen-bond donors (Lipinski definition) is 4. The molecule has 0 spiro atoms. The first-order chi connectivity index (χ1) is 29.9. The molecule has 0 bridgehead atoms. The molecule has 1 saturated heterocycles. The third kappa shape index (κ3) is 14.7. The number of nitrogens with one attached hydrogen (secondary N) is 4. The third-order valence-corrected chi connectivity index (χ3v) is 11.1. The quantitative estimate of drug-likeness (QED) is 0.0739. The number of amides is 5. The first kappa shape index (κ1) is 48.4. The molecule has 2 aliphatic rings. The van der Waals surface area contributed by atoms with Crippen LogP contribution in [0.1, 0.15) is 117 Å². The van der Waals surface area contributed by atoms with Crippen molar-refractivity contribution in [3.8, 4) is 11.1 Å². The van der Waals surface area contributed by atoms with Gasteiger partial charge in [-0.05, 0) is 120 Å². The Morgan fingerprint density at radius 2 is 1.43 bits per heavy atom. The Kier molecular flexibility index (Phi) is 17.0. The summed E-state index contributed by atoms with van der Waals surface area (Å²) in [5.74, 6) is -1.27. The minimum absolute atomic E-state index is 0.0404. The normalized spacial score (nSPS) is 16.5. The summed E-state index contributed by atoms with van der Waals surface area (Å²) in [6.45, 7) is 16.2. The van der Waals surface area contributed by atoms with Gasteiger partial charge < -0.3 is 35.6 Å². The molecule has 1 heterocycles. The highest BCUT2D eigenvalue weighted by Gasteiger charge is 2.38. The molecule has 0 radical (unpaired) electrons. The second-order valence-electron chi connectivity index (χ2n) is 19.3. The van der Waals surface area contributed by atoms with E-state index < -0.39 is 41.3 Å². The molecule has 3 aromatic carbocycles. The van der Waals surface area contributed by atoms with Crippen molar-refractivity contribution in [1.82, 2.24) is 26.2 Å². The summed E-state index contributed by atoms with van der Waals surface area (Å²) in [5.41, 5.74) is 4.37. The number of hydrogen-bond acceptors (Lipinski definition) is 7. The minimum atomic E-state index is -0.848. The van der Waals surface area contributed by atoms with Gasteiger partial charge in [0.15, 0.2) is 0 Å². The SMILES string of the molecule is CC(C)CC(/C=C/C(Cc1ccccc1)C(=O)N1CCC[C@H]1C(=O)NC(CCCCNC(=O)OCC1c2ccccc2-c2ccccc21)C(=O)NC(C)(C)C)NC(=O)OC(C)(C)C. The number of ether oxygens (including phenoxy) is 2. The fourth-order valence-electron chi connectivity index (χ4n) is 8.35. The van der Waals surface area contributed by atoms with Crippen LogP contribution in [0.25, 0.3) is 11.1 Å². The molecule has 340 valence electrons. The monoisotopic (exact) mass is 864 g/mol. The van der Waals surface area contributed by atoms with E-state index in [-0.39, 0.29) is 42.2 Å². The smallest absolute Gasteiger partial charge is 0.408 e. The predicted octanol–water partition coefficient (Wildman–Crippen LogP) is 8.44.